The summed E-state index contributed by atoms with van der Waals surface area (Å²) in [7, 11) is 0. The zero-order valence-corrected chi connectivity index (χ0v) is 19.0. The Morgan fingerprint density at radius 1 is 1.29 bits per heavy atom. The molecule has 6 heterocycles. The maximum atomic E-state index is 13.0. The fourth-order valence-corrected chi connectivity index (χ4v) is 7.43. The van der Waals surface area contributed by atoms with E-state index in [0.717, 1.165) is 71.5 Å². The van der Waals surface area contributed by atoms with Gasteiger partial charge in [-0.25, -0.2) is 4.98 Å². The number of nitrogens with zero attached hydrogens (tertiary/aromatic N) is 3. The van der Waals surface area contributed by atoms with Gasteiger partial charge in [0, 0.05) is 54.8 Å². The molecule has 0 aliphatic carbocycles. The second-order valence-corrected chi connectivity index (χ2v) is 10.8. The maximum Gasteiger partial charge on any atom is 0.226 e. The summed E-state index contributed by atoms with van der Waals surface area (Å²) in [6.45, 7) is 5.90. The number of carbonyl (C=O) groups excluding carboxylic acids is 1. The van der Waals surface area contributed by atoms with Crippen molar-refractivity contribution in [2.45, 2.75) is 37.8 Å². The molecule has 7 nitrogen and oxygen atoms in total. The van der Waals surface area contributed by atoms with Crippen molar-refractivity contribution in [2.75, 3.05) is 38.0 Å². The topological polar surface area (TPSA) is 82.2 Å². The van der Waals surface area contributed by atoms with E-state index in [2.05, 4.69) is 25.8 Å². The fraction of sp³-hybridized carbons (Fsp3) is 0.500. The van der Waals surface area contributed by atoms with Crippen LogP contribution < -0.4 is 16.0 Å². The first-order valence-corrected chi connectivity index (χ1v) is 12.7. The van der Waals surface area contributed by atoms with E-state index in [9.17, 15) is 4.79 Å². The number of carbonyl (C=O) groups is 1. The number of likely N-dealkylation sites (tertiary alicyclic amines) is 1. The van der Waals surface area contributed by atoms with Crippen LogP contribution in [0.25, 0.3) is 20.8 Å². The molecular formula is C22H26N6OS2. The average Bonchev–Trinajstić information content (AvgIpc) is 3.45. The van der Waals surface area contributed by atoms with Gasteiger partial charge < -0.3 is 16.0 Å². The van der Waals surface area contributed by atoms with E-state index in [1.165, 1.54) is 23.3 Å². The minimum atomic E-state index is 0.102. The van der Waals surface area contributed by atoms with E-state index in [1.807, 2.05) is 18.5 Å². The quantitative estimate of drug-likeness (QED) is 0.550. The van der Waals surface area contributed by atoms with Gasteiger partial charge in [-0.15, -0.1) is 22.7 Å². The number of hydrogen-bond acceptors (Lipinski definition) is 8. The summed E-state index contributed by atoms with van der Waals surface area (Å²) in [5, 5.41) is 12.1. The summed E-state index contributed by atoms with van der Waals surface area (Å²) in [5.74, 6) is 0.102. The van der Waals surface area contributed by atoms with Crippen molar-refractivity contribution in [1.82, 2.24) is 25.5 Å². The molecule has 0 atom stereocenters. The molecular weight excluding hydrogens is 428 g/mol. The monoisotopic (exact) mass is 454 g/mol. The lowest BCUT2D eigenvalue weighted by molar-refractivity contribution is -0.116. The molecule has 162 valence electrons. The first-order chi connectivity index (χ1) is 15.2. The van der Waals surface area contributed by atoms with Gasteiger partial charge in [0.25, 0.3) is 0 Å². The number of amides is 1. The molecule has 0 bridgehead atoms. The molecule has 3 N–H and O–H groups in total. The van der Waals surface area contributed by atoms with Gasteiger partial charge in [0.15, 0.2) is 0 Å². The first kappa shape index (κ1) is 19.8. The van der Waals surface area contributed by atoms with Gasteiger partial charge in [-0.2, -0.15) is 0 Å². The average molecular weight is 455 g/mol. The van der Waals surface area contributed by atoms with Crippen molar-refractivity contribution >= 4 is 43.8 Å². The fourth-order valence-electron chi connectivity index (χ4n) is 5.12. The second-order valence-electron chi connectivity index (χ2n) is 8.71. The summed E-state index contributed by atoms with van der Waals surface area (Å²) in [5.41, 5.74) is 3.69. The minimum Gasteiger partial charge on any atom is -0.317 e. The third-order valence-corrected chi connectivity index (χ3v) is 9.04. The Hall–Kier alpha value is -1.91. The van der Waals surface area contributed by atoms with Gasteiger partial charge in [0.2, 0.25) is 5.91 Å². The molecule has 2 fully saturated rings. The van der Waals surface area contributed by atoms with Crippen LogP contribution in [0.1, 0.15) is 29.7 Å². The van der Waals surface area contributed by atoms with E-state index in [4.69, 9.17) is 4.98 Å². The zero-order chi connectivity index (χ0) is 20.8. The Morgan fingerprint density at radius 3 is 3.06 bits per heavy atom. The highest BCUT2D eigenvalue weighted by Gasteiger charge is 2.45. The Balaban J connectivity index is 1.25. The number of thiophene rings is 1. The molecule has 1 amide bonds. The van der Waals surface area contributed by atoms with Crippen LogP contribution >= 0.6 is 22.7 Å². The third kappa shape index (κ3) is 3.48. The van der Waals surface area contributed by atoms with Crippen LogP contribution in [0.2, 0.25) is 0 Å². The van der Waals surface area contributed by atoms with Crippen LogP contribution in [-0.4, -0.2) is 59.0 Å². The van der Waals surface area contributed by atoms with E-state index in [-0.39, 0.29) is 5.91 Å². The molecule has 3 aliphatic rings. The van der Waals surface area contributed by atoms with Crippen LogP contribution in [0.15, 0.2) is 18.5 Å². The standard InChI is InChI=1S/C22H26N6OS2/c29-18(4-9-28-8-1-5-22(28)12-25-13-22)27-21-19(14-2-6-24-11-17(14)31-21)20-26-15-10-23-7-3-16(15)30-20/h3,7,10,24-25H,1-2,4-6,8-9,11-13H2,(H,27,29). The summed E-state index contributed by atoms with van der Waals surface area (Å²) in [4.78, 5) is 25.9. The Labute approximate surface area is 189 Å². The lowest BCUT2D eigenvalue weighted by Gasteiger charge is -2.46. The normalized spacial score (nSPS) is 20.1. The molecule has 2 saturated heterocycles. The Morgan fingerprint density at radius 2 is 2.23 bits per heavy atom. The van der Waals surface area contributed by atoms with Crippen molar-refractivity contribution < 1.29 is 4.79 Å². The van der Waals surface area contributed by atoms with E-state index in [0.29, 0.717) is 12.0 Å². The second kappa shape index (κ2) is 7.90. The summed E-state index contributed by atoms with van der Waals surface area (Å²) in [6, 6.07) is 2.01. The maximum absolute atomic E-state index is 13.0. The van der Waals surface area contributed by atoms with Gasteiger partial charge >= 0.3 is 0 Å². The SMILES string of the molecule is O=C(CCN1CCCC12CNC2)Nc1sc2c(c1-c1nc3cnccc3s1)CCNC2. The number of hydrogen-bond donors (Lipinski definition) is 3. The first-order valence-electron chi connectivity index (χ1n) is 11.0. The van der Waals surface area contributed by atoms with E-state index >= 15 is 0 Å². The Bertz CT molecular complexity index is 1100. The minimum absolute atomic E-state index is 0.102. The highest BCUT2D eigenvalue weighted by Crippen LogP contribution is 2.44. The molecule has 6 rings (SSSR count). The number of rotatable bonds is 5. The molecule has 3 aromatic rings. The van der Waals surface area contributed by atoms with Gasteiger partial charge in [-0.3, -0.25) is 14.7 Å². The molecule has 0 aromatic carbocycles. The predicted octanol–water partition coefficient (Wildman–Crippen LogP) is 2.83. The van der Waals surface area contributed by atoms with Gasteiger partial charge in [0.1, 0.15) is 15.5 Å². The van der Waals surface area contributed by atoms with E-state index in [1.54, 1.807) is 22.7 Å². The molecule has 0 saturated carbocycles. The van der Waals surface area contributed by atoms with Crippen molar-refractivity contribution in [3.8, 4) is 10.6 Å². The third-order valence-electron chi connectivity index (χ3n) is 6.84. The number of pyridine rings is 1. The number of anilines is 1. The van der Waals surface area contributed by atoms with Crippen LogP contribution in [0.4, 0.5) is 5.00 Å². The van der Waals surface area contributed by atoms with Gasteiger partial charge in [-0.05, 0) is 44.0 Å². The summed E-state index contributed by atoms with van der Waals surface area (Å²) in [6.07, 6.45) is 7.62. The van der Waals surface area contributed by atoms with Gasteiger partial charge in [-0.1, -0.05) is 0 Å². The predicted molar refractivity (Wildman–Crippen MR) is 126 cm³/mol. The van der Waals surface area contributed by atoms with Crippen LogP contribution in [0.3, 0.4) is 0 Å². The zero-order valence-electron chi connectivity index (χ0n) is 17.4. The Kier molecular flexibility index (Phi) is 5.03. The smallest absolute Gasteiger partial charge is 0.226 e. The molecule has 3 aromatic heterocycles. The van der Waals surface area contributed by atoms with Crippen LogP contribution in [0.5, 0.6) is 0 Å². The number of fused-ring (bicyclic) bond motifs is 2. The largest absolute Gasteiger partial charge is 0.317 e. The van der Waals surface area contributed by atoms with Crippen LogP contribution in [0, 0.1) is 0 Å². The highest BCUT2D eigenvalue weighted by molar-refractivity contribution is 7.22. The van der Waals surface area contributed by atoms with Crippen molar-refractivity contribution in [2.24, 2.45) is 0 Å². The summed E-state index contributed by atoms with van der Waals surface area (Å²) < 4.78 is 1.13. The van der Waals surface area contributed by atoms with Gasteiger partial charge in [0.05, 0.1) is 10.9 Å². The number of nitrogens with one attached hydrogen (secondary N) is 3. The molecule has 3 aliphatic heterocycles. The highest BCUT2D eigenvalue weighted by atomic mass is 32.1. The summed E-state index contributed by atoms with van der Waals surface area (Å²) >= 11 is 3.38. The molecule has 9 heteroatoms. The van der Waals surface area contributed by atoms with Crippen LogP contribution in [-0.2, 0) is 17.8 Å². The molecule has 0 radical (unpaired) electrons. The number of thiazole rings is 1. The number of aromatic nitrogens is 2. The molecule has 0 unspecified atom stereocenters. The lowest BCUT2D eigenvalue weighted by atomic mass is 9.89. The van der Waals surface area contributed by atoms with Crippen molar-refractivity contribution in [1.29, 1.82) is 0 Å². The van der Waals surface area contributed by atoms with Crippen molar-refractivity contribution in [3.63, 3.8) is 0 Å². The molecule has 1 spiro atoms. The van der Waals surface area contributed by atoms with E-state index < -0.39 is 0 Å². The molecule has 31 heavy (non-hydrogen) atoms. The van der Waals surface area contributed by atoms with Crippen molar-refractivity contribution in [3.05, 3.63) is 28.9 Å². The lowest BCUT2D eigenvalue weighted by Crippen LogP contribution is -2.66.